The van der Waals surface area contributed by atoms with Crippen LogP contribution in [0, 0.1) is 0 Å². The maximum Gasteiger partial charge on any atom is 0.338 e. The predicted molar refractivity (Wildman–Crippen MR) is 176 cm³/mol. The number of carbonyl (C=O) groups excluding carboxylic acids is 1. The van der Waals surface area contributed by atoms with Crippen molar-refractivity contribution in [2.24, 2.45) is 4.99 Å². The van der Waals surface area contributed by atoms with E-state index < -0.39 is 12.0 Å². The second-order valence-electron chi connectivity index (χ2n) is 9.53. The summed E-state index contributed by atoms with van der Waals surface area (Å²) in [6, 6.07) is 18.0. The molecular formula is C32H27Br2ClN2O5S. The summed E-state index contributed by atoms with van der Waals surface area (Å²) in [5.74, 6) is 0.725. The van der Waals surface area contributed by atoms with Gasteiger partial charge in [0.2, 0.25) is 0 Å². The zero-order chi connectivity index (χ0) is 30.7. The number of fused-ring (bicyclic) bond motifs is 1. The van der Waals surface area contributed by atoms with E-state index in [9.17, 15) is 9.59 Å². The van der Waals surface area contributed by atoms with Crippen LogP contribution in [0.1, 0.15) is 43.5 Å². The van der Waals surface area contributed by atoms with Gasteiger partial charge < -0.3 is 14.2 Å². The Hall–Kier alpha value is -3.18. The van der Waals surface area contributed by atoms with Crippen molar-refractivity contribution in [2.75, 3.05) is 13.2 Å². The minimum absolute atomic E-state index is 0.197. The lowest BCUT2D eigenvalue weighted by Gasteiger charge is -2.24. The molecule has 7 nitrogen and oxygen atoms in total. The molecule has 0 unspecified atom stereocenters. The molecule has 0 saturated heterocycles. The molecule has 5 rings (SSSR count). The second-order valence-corrected chi connectivity index (χ2v) is 12.7. The van der Waals surface area contributed by atoms with Gasteiger partial charge >= 0.3 is 5.97 Å². The standard InChI is InChI=1S/C32H27Br2ClN2O5S/c1-4-40-24-12-8-20(9-13-24)28-27(31(39)41-5-2)18(3)36-32-37(28)30(38)26(43-32)15-21-14-23(35)16-25(34)29(21)42-17-19-6-10-22(33)11-7-19/h6-16,28H,4-5,17H2,1-3H3/b26-15-/t28-/m1/s1. The Kier molecular flexibility index (Phi) is 9.91. The molecule has 0 radical (unpaired) electrons. The third-order valence-corrected chi connectivity index (χ3v) is 8.96. The first-order valence-corrected chi connectivity index (χ1v) is 16.3. The lowest BCUT2D eigenvalue weighted by molar-refractivity contribution is -0.139. The number of ether oxygens (including phenoxy) is 3. The van der Waals surface area contributed by atoms with Gasteiger partial charge in [0.25, 0.3) is 5.56 Å². The van der Waals surface area contributed by atoms with Crippen LogP contribution in [0.5, 0.6) is 11.5 Å². The topological polar surface area (TPSA) is 79.1 Å². The largest absolute Gasteiger partial charge is 0.494 e. The average Bonchev–Trinajstić information content (AvgIpc) is 3.27. The number of rotatable bonds is 9. The van der Waals surface area contributed by atoms with Crippen molar-refractivity contribution in [1.29, 1.82) is 0 Å². The van der Waals surface area contributed by atoms with Gasteiger partial charge in [-0.2, -0.15) is 0 Å². The highest BCUT2D eigenvalue weighted by molar-refractivity contribution is 9.10. The quantitative estimate of drug-likeness (QED) is 0.173. The highest BCUT2D eigenvalue weighted by Gasteiger charge is 2.33. The monoisotopic (exact) mass is 744 g/mol. The Labute approximate surface area is 274 Å². The van der Waals surface area contributed by atoms with Gasteiger partial charge in [-0.15, -0.1) is 0 Å². The van der Waals surface area contributed by atoms with Crippen LogP contribution < -0.4 is 24.4 Å². The zero-order valence-electron chi connectivity index (χ0n) is 23.5. The molecule has 0 saturated carbocycles. The van der Waals surface area contributed by atoms with Gasteiger partial charge in [-0.1, -0.05) is 63.1 Å². The summed E-state index contributed by atoms with van der Waals surface area (Å²) in [6.45, 7) is 6.45. The van der Waals surface area contributed by atoms with Gasteiger partial charge in [-0.3, -0.25) is 9.36 Å². The number of carbonyl (C=O) groups is 1. The molecule has 3 aromatic carbocycles. The van der Waals surface area contributed by atoms with Crippen molar-refractivity contribution in [3.05, 3.63) is 122 Å². The van der Waals surface area contributed by atoms with Crippen LogP contribution in [0.3, 0.4) is 0 Å². The van der Waals surface area contributed by atoms with Gasteiger partial charge in [-0.25, -0.2) is 9.79 Å². The van der Waals surface area contributed by atoms with Crippen LogP contribution in [-0.4, -0.2) is 23.8 Å². The number of halogens is 3. The normalized spacial score (nSPS) is 14.7. The Balaban J connectivity index is 1.63. The molecule has 1 atom stereocenters. The van der Waals surface area contributed by atoms with Crippen LogP contribution in [0.4, 0.5) is 0 Å². The number of benzene rings is 3. The number of nitrogens with zero attached hydrogens (tertiary/aromatic N) is 2. The molecule has 0 N–H and O–H groups in total. The maximum absolute atomic E-state index is 14.1. The summed E-state index contributed by atoms with van der Waals surface area (Å²) >= 11 is 14.7. The molecule has 43 heavy (non-hydrogen) atoms. The van der Waals surface area contributed by atoms with Crippen molar-refractivity contribution in [2.45, 2.75) is 33.4 Å². The molecule has 0 amide bonds. The first-order chi connectivity index (χ1) is 20.7. The lowest BCUT2D eigenvalue weighted by atomic mass is 9.96. The van der Waals surface area contributed by atoms with E-state index in [4.69, 9.17) is 25.8 Å². The fourth-order valence-electron chi connectivity index (χ4n) is 4.74. The Morgan fingerprint density at radius 1 is 1.05 bits per heavy atom. The number of hydrogen-bond donors (Lipinski definition) is 0. The molecule has 0 fully saturated rings. The van der Waals surface area contributed by atoms with Crippen LogP contribution in [0.15, 0.2) is 90.7 Å². The van der Waals surface area contributed by atoms with Gasteiger partial charge in [0, 0.05) is 15.1 Å². The number of aromatic nitrogens is 1. The van der Waals surface area contributed by atoms with Crippen molar-refractivity contribution >= 4 is 66.8 Å². The van der Waals surface area contributed by atoms with E-state index in [-0.39, 0.29) is 12.2 Å². The van der Waals surface area contributed by atoms with Crippen LogP contribution in [-0.2, 0) is 16.1 Å². The van der Waals surface area contributed by atoms with E-state index in [1.165, 1.54) is 11.3 Å². The number of hydrogen-bond acceptors (Lipinski definition) is 7. The fourth-order valence-corrected chi connectivity index (χ4v) is 6.99. The molecule has 1 aromatic heterocycles. The molecule has 2 heterocycles. The molecule has 1 aliphatic heterocycles. The van der Waals surface area contributed by atoms with E-state index >= 15 is 0 Å². The molecule has 1 aliphatic rings. The lowest BCUT2D eigenvalue weighted by Crippen LogP contribution is -2.39. The van der Waals surface area contributed by atoms with Crippen LogP contribution >= 0.6 is 54.8 Å². The SMILES string of the molecule is CCOC(=O)C1=C(C)N=c2s/c(=C\c3cc(Cl)cc(Br)c3OCc3ccc(Br)cc3)c(=O)n2[C@@H]1c1ccc(OCC)cc1. The van der Waals surface area contributed by atoms with Gasteiger partial charge in [0.1, 0.15) is 18.1 Å². The third kappa shape index (κ3) is 6.82. The van der Waals surface area contributed by atoms with E-state index in [0.717, 1.165) is 15.6 Å². The summed E-state index contributed by atoms with van der Waals surface area (Å²) in [7, 11) is 0. The van der Waals surface area contributed by atoms with Crippen molar-refractivity contribution in [3.63, 3.8) is 0 Å². The minimum Gasteiger partial charge on any atom is -0.494 e. The summed E-state index contributed by atoms with van der Waals surface area (Å²) in [6.07, 6.45) is 1.75. The maximum atomic E-state index is 14.1. The molecular weight excluding hydrogens is 720 g/mol. The Morgan fingerprint density at radius 3 is 2.44 bits per heavy atom. The van der Waals surface area contributed by atoms with Crippen molar-refractivity contribution in [1.82, 2.24) is 4.57 Å². The first-order valence-electron chi connectivity index (χ1n) is 13.5. The average molecular weight is 747 g/mol. The second kappa shape index (κ2) is 13.6. The summed E-state index contributed by atoms with van der Waals surface area (Å²) in [5.41, 5.74) is 2.85. The summed E-state index contributed by atoms with van der Waals surface area (Å²) in [5, 5.41) is 0.481. The van der Waals surface area contributed by atoms with Crippen LogP contribution in [0.25, 0.3) is 6.08 Å². The molecule has 11 heteroatoms. The highest BCUT2D eigenvalue weighted by Crippen LogP contribution is 2.35. The Bertz CT molecular complexity index is 1880. The van der Waals surface area contributed by atoms with Gasteiger partial charge in [0.15, 0.2) is 4.80 Å². The molecule has 0 spiro atoms. The Morgan fingerprint density at radius 2 is 1.77 bits per heavy atom. The minimum atomic E-state index is -0.729. The van der Waals surface area contributed by atoms with E-state index in [2.05, 4.69) is 36.9 Å². The summed E-state index contributed by atoms with van der Waals surface area (Å²) < 4.78 is 20.8. The fraction of sp³-hybridized carbons (Fsp3) is 0.219. The molecule has 0 aliphatic carbocycles. The van der Waals surface area contributed by atoms with E-state index in [0.29, 0.717) is 60.4 Å². The molecule has 222 valence electrons. The van der Waals surface area contributed by atoms with E-state index in [1.807, 2.05) is 55.5 Å². The van der Waals surface area contributed by atoms with Crippen LogP contribution in [0.2, 0.25) is 5.02 Å². The highest BCUT2D eigenvalue weighted by atomic mass is 79.9. The van der Waals surface area contributed by atoms with E-state index in [1.54, 1.807) is 36.6 Å². The van der Waals surface area contributed by atoms with Gasteiger partial charge in [0.05, 0.1) is 39.5 Å². The molecule has 4 aromatic rings. The number of thiazole rings is 1. The molecule has 0 bridgehead atoms. The summed E-state index contributed by atoms with van der Waals surface area (Å²) in [4.78, 5) is 32.4. The zero-order valence-corrected chi connectivity index (χ0v) is 28.3. The smallest absolute Gasteiger partial charge is 0.338 e. The third-order valence-electron chi connectivity index (χ3n) is 6.64. The predicted octanol–water partition coefficient (Wildman–Crippen LogP) is 6.95. The van der Waals surface area contributed by atoms with Crippen molar-refractivity contribution < 1.29 is 19.0 Å². The number of allylic oxidation sites excluding steroid dienone is 1. The van der Waals surface area contributed by atoms with Crippen molar-refractivity contribution in [3.8, 4) is 11.5 Å². The van der Waals surface area contributed by atoms with Gasteiger partial charge in [-0.05, 0) is 90.3 Å². The number of esters is 1. The first kappa shape index (κ1) is 31.3.